The minimum Gasteiger partial charge on any atom is -0.482 e. The first-order chi connectivity index (χ1) is 8.72. The Hall–Kier alpha value is -1.81. The van der Waals surface area contributed by atoms with E-state index in [1.807, 2.05) is 12.1 Å². The molecule has 96 valence electrons. The SMILES string of the molecule is O=C(O)COc1cccc2c1CCC/C2=C/CO. The topological polar surface area (TPSA) is 66.8 Å². The Morgan fingerprint density at radius 3 is 2.94 bits per heavy atom. The van der Waals surface area contributed by atoms with Crippen LogP contribution in [-0.2, 0) is 11.2 Å². The summed E-state index contributed by atoms with van der Waals surface area (Å²) in [5.74, 6) is -0.340. The van der Waals surface area contributed by atoms with Crippen LogP contribution in [0, 0.1) is 0 Å². The van der Waals surface area contributed by atoms with Crippen molar-refractivity contribution >= 4 is 11.5 Å². The number of ether oxygens (including phenoxy) is 1. The van der Waals surface area contributed by atoms with Crippen LogP contribution in [0.4, 0.5) is 0 Å². The lowest BCUT2D eigenvalue weighted by atomic mass is 9.86. The van der Waals surface area contributed by atoms with Gasteiger partial charge in [0.2, 0.25) is 0 Å². The van der Waals surface area contributed by atoms with Gasteiger partial charge in [-0.1, -0.05) is 18.2 Å². The first kappa shape index (κ1) is 12.6. The van der Waals surface area contributed by atoms with Crippen LogP contribution in [0.2, 0.25) is 0 Å². The molecule has 1 aliphatic carbocycles. The second-order valence-corrected chi connectivity index (χ2v) is 4.23. The maximum atomic E-state index is 10.5. The van der Waals surface area contributed by atoms with Crippen LogP contribution in [-0.4, -0.2) is 29.4 Å². The first-order valence-corrected chi connectivity index (χ1v) is 5.99. The van der Waals surface area contributed by atoms with Gasteiger partial charge in [0, 0.05) is 5.56 Å². The van der Waals surface area contributed by atoms with Gasteiger partial charge in [0.25, 0.3) is 0 Å². The number of carboxylic acids is 1. The molecule has 0 saturated heterocycles. The summed E-state index contributed by atoms with van der Waals surface area (Å²) < 4.78 is 5.30. The third-order valence-corrected chi connectivity index (χ3v) is 3.04. The van der Waals surface area contributed by atoms with Crippen LogP contribution in [0.5, 0.6) is 5.75 Å². The maximum absolute atomic E-state index is 10.5. The van der Waals surface area contributed by atoms with E-state index in [9.17, 15) is 4.79 Å². The smallest absolute Gasteiger partial charge is 0.341 e. The Balaban J connectivity index is 2.31. The number of carbonyl (C=O) groups is 1. The summed E-state index contributed by atoms with van der Waals surface area (Å²) in [4.78, 5) is 10.5. The van der Waals surface area contributed by atoms with Crippen LogP contribution in [0.3, 0.4) is 0 Å². The molecular weight excluding hydrogens is 232 g/mol. The molecule has 0 spiro atoms. The van der Waals surface area contributed by atoms with Crippen molar-refractivity contribution in [2.45, 2.75) is 19.3 Å². The van der Waals surface area contributed by atoms with Crippen molar-refractivity contribution in [1.82, 2.24) is 0 Å². The molecule has 4 nitrogen and oxygen atoms in total. The fourth-order valence-electron chi connectivity index (χ4n) is 2.31. The quantitative estimate of drug-likeness (QED) is 0.853. The highest BCUT2D eigenvalue weighted by atomic mass is 16.5. The normalized spacial score (nSPS) is 16.4. The average molecular weight is 248 g/mol. The molecule has 1 aromatic rings. The summed E-state index contributed by atoms with van der Waals surface area (Å²) in [6, 6.07) is 5.64. The van der Waals surface area contributed by atoms with Gasteiger partial charge >= 0.3 is 5.97 Å². The molecule has 0 amide bonds. The fourth-order valence-corrected chi connectivity index (χ4v) is 2.31. The molecule has 0 aromatic heterocycles. The van der Waals surface area contributed by atoms with Gasteiger partial charge in [0.1, 0.15) is 5.75 Å². The van der Waals surface area contributed by atoms with E-state index < -0.39 is 5.97 Å². The third-order valence-electron chi connectivity index (χ3n) is 3.04. The van der Waals surface area contributed by atoms with Crippen LogP contribution >= 0.6 is 0 Å². The number of hydrogen-bond acceptors (Lipinski definition) is 3. The van der Waals surface area contributed by atoms with Gasteiger partial charge in [0.05, 0.1) is 6.61 Å². The number of aliphatic hydroxyl groups is 1. The molecule has 0 radical (unpaired) electrons. The van der Waals surface area contributed by atoms with Crippen molar-refractivity contribution in [1.29, 1.82) is 0 Å². The maximum Gasteiger partial charge on any atom is 0.341 e. The lowest BCUT2D eigenvalue weighted by molar-refractivity contribution is -0.139. The van der Waals surface area contributed by atoms with Gasteiger partial charge in [-0.3, -0.25) is 0 Å². The lowest BCUT2D eigenvalue weighted by Crippen LogP contribution is -2.12. The van der Waals surface area contributed by atoms with Crippen LogP contribution < -0.4 is 4.74 Å². The molecule has 0 atom stereocenters. The Kier molecular flexibility index (Phi) is 3.99. The highest BCUT2D eigenvalue weighted by molar-refractivity contribution is 5.73. The third kappa shape index (κ3) is 2.71. The minimum atomic E-state index is -0.977. The zero-order chi connectivity index (χ0) is 13.0. The van der Waals surface area contributed by atoms with Crippen molar-refractivity contribution in [2.24, 2.45) is 0 Å². The van der Waals surface area contributed by atoms with Crippen molar-refractivity contribution in [3.05, 3.63) is 35.4 Å². The Morgan fingerprint density at radius 1 is 1.39 bits per heavy atom. The summed E-state index contributed by atoms with van der Waals surface area (Å²) in [6.45, 7) is -0.301. The summed E-state index contributed by atoms with van der Waals surface area (Å²) in [6.07, 6.45) is 4.62. The minimum absolute atomic E-state index is 0.0228. The highest BCUT2D eigenvalue weighted by Gasteiger charge is 2.17. The summed E-state index contributed by atoms with van der Waals surface area (Å²) in [7, 11) is 0. The molecule has 2 rings (SSSR count). The number of carboxylic acid groups (broad SMARTS) is 1. The van der Waals surface area contributed by atoms with Gasteiger partial charge in [-0.2, -0.15) is 0 Å². The Bertz CT molecular complexity index is 477. The largest absolute Gasteiger partial charge is 0.482 e. The molecule has 0 aliphatic heterocycles. The average Bonchev–Trinajstić information content (AvgIpc) is 2.37. The zero-order valence-corrected chi connectivity index (χ0v) is 10.1. The van der Waals surface area contributed by atoms with E-state index in [1.165, 1.54) is 0 Å². The molecule has 0 bridgehead atoms. The van der Waals surface area contributed by atoms with E-state index in [1.54, 1.807) is 12.1 Å². The second-order valence-electron chi connectivity index (χ2n) is 4.23. The van der Waals surface area contributed by atoms with Crippen LogP contribution in [0.25, 0.3) is 5.57 Å². The van der Waals surface area contributed by atoms with Crippen molar-refractivity contribution < 1.29 is 19.7 Å². The molecule has 18 heavy (non-hydrogen) atoms. The van der Waals surface area contributed by atoms with E-state index >= 15 is 0 Å². The van der Waals surface area contributed by atoms with Crippen molar-refractivity contribution in [3.8, 4) is 5.75 Å². The molecule has 2 N–H and O–H groups in total. The number of fused-ring (bicyclic) bond motifs is 1. The summed E-state index contributed by atoms with van der Waals surface area (Å²) in [5.41, 5.74) is 3.22. The molecule has 0 fully saturated rings. The molecular formula is C14H16O4. The van der Waals surface area contributed by atoms with Crippen LogP contribution in [0.1, 0.15) is 24.0 Å². The van der Waals surface area contributed by atoms with E-state index in [-0.39, 0.29) is 13.2 Å². The number of allylic oxidation sites excluding steroid dienone is 1. The van der Waals surface area contributed by atoms with E-state index in [0.29, 0.717) is 5.75 Å². The number of rotatable bonds is 4. The highest BCUT2D eigenvalue weighted by Crippen LogP contribution is 2.35. The number of aliphatic carboxylic acids is 1. The zero-order valence-electron chi connectivity index (χ0n) is 10.1. The first-order valence-electron chi connectivity index (χ1n) is 5.99. The van der Waals surface area contributed by atoms with Gasteiger partial charge in [-0.05, 0) is 36.5 Å². The van der Waals surface area contributed by atoms with Crippen molar-refractivity contribution in [2.75, 3.05) is 13.2 Å². The molecule has 4 heteroatoms. The number of aliphatic hydroxyl groups excluding tert-OH is 1. The van der Waals surface area contributed by atoms with Gasteiger partial charge in [-0.25, -0.2) is 4.79 Å². The van der Waals surface area contributed by atoms with E-state index in [4.69, 9.17) is 14.9 Å². The standard InChI is InChI=1S/C14H16O4/c15-8-7-10-3-1-5-12-11(10)4-2-6-13(12)18-9-14(16)17/h2,4,6-7,15H,1,3,5,8-9H2,(H,16,17)/b10-7-. The number of benzene rings is 1. The van der Waals surface area contributed by atoms with E-state index in [2.05, 4.69) is 0 Å². The van der Waals surface area contributed by atoms with E-state index in [0.717, 1.165) is 36.0 Å². The molecule has 1 aliphatic rings. The monoisotopic (exact) mass is 248 g/mol. The fraction of sp³-hybridized carbons (Fsp3) is 0.357. The molecule has 0 saturated carbocycles. The van der Waals surface area contributed by atoms with Crippen LogP contribution in [0.15, 0.2) is 24.3 Å². The molecule has 1 aromatic carbocycles. The summed E-state index contributed by atoms with van der Waals surface area (Å²) >= 11 is 0. The van der Waals surface area contributed by atoms with Gasteiger partial charge in [-0.15, -0.1) is 0 Å². The predicted octanol–water partition coefficient (Wildman–Crippen LogP) is 1.86. The van der Waals surface area contributed by atoms with Gasteiger partial charge < -0.3 is 14.9 Å². The predicted molar refractivity (Wildman–Crippen MR) is 67.6 cm³/mol. The lowest BCUT2D eigenvalue weighted by Gasteiger charge is -2.21. The summed E-state index contributed by atoms with van der Waals surface area (Å²) in [5, 5.41) is 17.6. The second kappa shape index (κ2) is 5.69. The Labute approximate surface area is 106 Å². The van der Waals surface area contributed by atoms with Crippen molar-refractivity contribution in [3.63, 3.8) is 0 Å². The van der Waals surface area contributed by atoms with Gasteiger partial charge in [0.15, 0.2) is 6.61 Å². The molecule has 0 unspecified atom stereocenters. The number of hydrogen-bond donors (Lipinski definition) is 2. The Morgan fingerprint density at radius 2 is 2.22 bits per heavy atom. The molecule has 0 heterocycles.